The molecule has 1 atom stereocenters. The Labute approximate surface area is 187 Å². The van der Waals surface area contributed by atoms with Crippen LogP contribution in [0.15, 0.2) is 48.5 Å². The highest BCUT2D eigenvalue weighted by Gasteiger charge is 2.51. The summed E-state index contributed by atoms with van der Waals surface area (Å²) < 4.78 is 27.8. The van der Waals surface area contributed by atoms with Gasteiger partial charge in [-0.3, -0.25) is 9.59 Å². The van der Waals surface area contributed by atoms with Crippen molar-refractivity contribution in [1.29, 1.82) is 0 Å². The van der Waals surface area contributed by atoms with Crippen molar-refractivity contribution in [3.05, 3.63) is 71.3 Å². The number of benzene rings is 2. The molecule has 2 aromatic carbocycles. The Morgan fingerprint density at radius 3 is 2.38 bits per heavy atom. The molecular formula is C25H30F2N2O3. The zero-order valence-electron chi connectivity index (χ0n) is 18.9. The molecule has 0 radical (unpaired) electrons. The molecule has 1 aliphatic heterocycles. The fourth-order valence-electron chi connectivity index (χ4n) is 4.36. The largest absolute Gasteiger partial charge is 0.384 e. The quantitative estimate of drug-likeness (QED) is 0.732. The van der Waals surface area contributed by atoms with Gasteiger partial charge in [-0.05, 0) is 38.5 Å². The smallest absolute Gasteiger partial charge is 0.251 e. The third kappa shape index (κ3) is 4.83. The minimum absolute atomic E-state index is 0.0338. The molecule has 1 aliphatic rings. The van der Waals surface area contributed by atoms with E-state index < -0.39 is 28.2 Å². The molecule has 0 bridgehead atoms. The number of carbonyl (C=O) groups is 2. The third-order valence-electron chi connectivity index (χ3n) is 6.26. The van der Waals surface area contributed by atoms with Gasteiger partial charge in [0.2, 0.25) is 5.91 Å². The van der Waals surface area contributed by atoms with Crippen molar-refractivity contribution >= 4 is 11.8 Å². The summed E-state index contributed by atoms with van der Waals surface area (Å²) in [4.78, 5) is 27.2. The summed E-state index contributed by atoms with van der Waals surface area (Å²) in [5.74, 6) is -1.94. The predicted octanol–water partition coefficient (Wildman–Crippen LogP) is 4.01. The van der Waals surface area contributed by atoms with Crippen LogP contribution >= 0.6 is 0 Å². The molecule has 2 N–H and O–H groups in total. The van der Waals surface area contributed by atoms with Crippen molar-refractivity contribution < 1.29 is 23.5 Å². The standard InChI is InChI=1S/C25H30F2N2O3/c1-23(2)16-29(13-12-25(23,32)19-11-10-18(26)14-20(19)27)21(30)15-24(3,4)28-22(31)17-8-6-5-7-9-17/h5-11,14,32H,12-13,15-16H2,1-4H3,(H,28,31). The maximum atomic E-state index is 14.4. The molecule has 2 amide bonds. The summed E-state index contributed by atoms with van der Waals surface area (Å²) in [5, 5.41) is 14.3. The number of amides is 2. The van der Waals surface area contributed by atoms with Crippen molar-refractivity contribution in [3.8, 4) is 0 Å². The Hall–Kier alpha value is -2.80. The average Bonchev–Trinajstić information content (AvgIpc) is 2.69. The fraction of sp³-hybridized carbons (Fsp3) is 0.440. The van der Waals surface area contributed by atoms with Crippen LogP contribution in [0.25, 0.3) is 0 Å². The number of hydrogen-bond donors (Lipinski definition) is 2. The Kier molecular flexibility index (Phi) is 6.43. The monoisotopic (exact) mass is 444 g/mol. The van der Waals surface area contributed by atoms with Gasteiger partial charge < -0.3 is 15.3 Å². The molecule has 2 aromatic rings. The SMILES string of the molecule is CC(C)(CC(=O)N1CCC(O)(c2ccc(F)cc2F)C(C)(C)C1)NC(=O)c1ccccc1. The number of nitrogens with one attached hydrogen (secondary N) is 1. The van der Waals surface area contributed by atoms with Gasteiger partial charge in [0.1, 0.15) is 17.2 Å². The van der Waals surface area contributed by atoms with Crippen molar-refractivity contribution in [2.24, 2.45) is 5.41 Å². The number of hydrogen-bond acceptors (Lipinski definition) is 3. The fourth-order valence-corrected chi connectivity index (χ4v) is 4.36. The zero-order valence-corrected chi connectivity index (χ0v) is 18.9. The summed E-state index contributed by atoms with van der Waals surface area (Å²) in [6, 6.07) is 11.9. The molecule has 0 aromatic heterocycles. The van der Waals surface area contributed by atoms with Crippen molar-refractivity contribution in [1.82, 2.24) is 10.2 Å². The number of piperidine rings is 1. The van der Waals surface area contributed by atoms with E-state index in [1.165, 1.54) is 6.07 Å². The Balaban J connectivity index is 1.69. The van der Waals surface area contributed by atoms with Gasteiger partial charge in [-0.2, -0.15) is 0 Å². The van der Waals surface area contributed by atoms with Gasteiger partial charge in [-0.25, -0.2) is 8.78 Å². The van der Waals surface area contributed by atoms with E-state index in [0.717, 1.165) is 12.1 Å². The molecule has 1 unspecified atom stereocenters. The van der Waals surface area contributed by atoms with Gasteiger partial charge in [-0.15, -0.1) is 0 Å². The molecule has 3 rings (SSSR count). The second-order valence-corrected chi connectivity index (χ2v) is 9.81. The lowest BCUT2D eigenvalue weighted by molar-refractivity contribution is -0.154. The second kappa shape index (κ2) is 8.62. The number of likely N-dealkylation sites (tertiary alicyclic amines) is 1. The maximum absolute atomic E-state index is 14.4. The van der Waals surface area contributed by atoms with E-state index in [1.54, 1.807) is 56.9 Å². The van der Waals surface area contributed by atoms with Crippen LogP contribution in [0.2, 0.25) is 0 Å². The third-order valence-corrected chi connectivity index (χ3v) is 6.26. The molecule has 0 spiro atoms. The molecule has 172 valence electrons. The predicted molar refractivity (Wildman–Crippen MR) is 118 cm³/mol. The number of rotatable bonds is 5. The minimum Gasteiger partial charge on any atom is -0.384 e. The first-order valence-electron chi connectivity index (χ1n) is 10.7. The summed E-state index contributed by atoms with van der Waals surface area (Å²) in [6.07, 6.45) is 0.191. The number of aliphatic hydroxyl groups is 1. The number of carbonyl (C=O) groups excluding carboxylic acids is 2. The van der Waals surface area contributed by atoms with E-state index in [2.05, 4.69) is 5.32 Å². The average molecular weight is 445 g/mol. The highest BCUT2D eigenvalue weighted by molar-refractivity contribution is 5.95. The molecule has 5 nitrogen and oxygen atoms in total. The van der Waals surface area contributed by atoms with E-state index in [1.807, 2.05) is 6.07 Å². The highest BCUT2D eigenvalue weighted by Crippen LogP contribution is 2.47. The van der Waals surface area contributed by atoms with Crippen LogP contribution in [0.3, 0.4) is 0 Å². The van der Waals surface area contributed by atoms with Gasteiger partial charge in [-0.1, -0.05) is 38.1 Å². The van der Waals surface area contributed by atoms with Crippen molar-refractivity contribution in [3.63, 3.8) is 0 Å². The first kappa shape index (κ1) is 23.9. The highest BCUT2D eigenvalue weighted by atomic mass is 19.1. The molecular weight excluding hydrogens is 414 g/mol. The van der Waals surface area contributed by atoms with Crippen LogP contribution in [0, 0.1) is 17.0 Å². The van der Waals surface area contributed by atoms with E-state index in [-0.39, 0.29) is 43.3 Å². The first-order chi connectivity index (χ1) is 14.8. The first-order valence-corrected chi connectivity index (χ1v) is 10.7. The van der Waals surface area contributed by atoms with Gasteiger partial charge in [0.25, 0.3) is 5.91 Å². The van der Waals surface area contributed by atoms with Gasteiger partial charge >= 0.3 is 0 Å². The lowest BCUT2D eigenvalue weighted by atomic mass is 9.66. The number of nitrogens with zero attached hydrogens (tertiary/aromatic N) is 1. The Morgan fingerprint density at radius 2 is 1.78 bits per heavy atom. The molecule has 0 aliphatic carbocycles. The van der Waals surface area contributed by atoms with Gasteiger partial charge in [0.15, 0.2) is 0 Å². The Bertz CT molecular complexity index is 1010. The molecule has 32 heavy (non-hydrogen) atoms. The lowest BCUT2D eigenvalue weighted by Crippen LogP contribution is -2.58. The van der Waals surface area contributed by atoms with Crippen molar-refractivity contribution in [2.45, 2.75) is 51.7 Å². The van der Waals surface area contributed by atoms with E-state index >= 15 is 0 Å². The minimum atomic E-state index is -1.54. The molecule has 1 fully saturated rings. The normalized spacial score (nSPS) is 20.7. The van der Waals surface area contributed by atoms with Gasteiger partial charge in [0, 0.05) is 47.7 Å². The van der Waals surface area contributed by atoms with Crippen LogP contribution < -0.4 is 5.32 Å². The topological polar surface area (TPSA) is 69.6 Å². The maximum Gasteiger partial charge on any atom is 0.251 e. The summed E-state index contributed by atoms with van der Waals surface area (Å²) in [6.45, 7) is 7.51. The van der Waals surface area contributed by atoms with E-state index in [9.17, 15) is 23.5 Å². The lowest BCUT2D eigenvalue weighted by Gasteiger charge is -2.51. The van der Waals surface area contributed by atoms with Gasteiger partial charge in [0.05, 0.1) is 0 Å². The van der Waals surface area contributed by atoms with Crippen molar-refractivity contribution in [2.75, 3.05) is 13.1 Å². The number of halogens is 2. The molecule has 1 saturated heterocycles. The molecule has 1 heterocycles. The van der Waals surface area contributed by atoms with E-state index in [0.29, 0.717) is 5.56 Å². The summed E-state index contributed by atoms with van der Waals surface area (Å²) in [5.41, 5.74) is -2.66. The van der Waals surface area contributed by atoms with E-state index in [4.69, 9.17) is 0 Å². The zero-order chi connectivity index (χ0) is 23.7. The van der Waals surface area contributed by atoms with Crippen LogP contribution in [0.1, 0.15) is 56.5 Å². The summed E-state index contributed by atoms with van der Waals surface area (Å²) in [7, 11) is 0. The molecule has 0 saturated carbocycles. The van der Waals surface area contributed by atoms with Crippen LogP contribution in [0.5, 0.6) is 0 Å². The molecule has 7 heteroatoms. The summed E-state index contributed by atoms with van der Waals surface area (Å²) >= 11 is 0. The van der Waals surface area contributed by atoms with Crippen LogP contribution in [0.4, 0.5) is 8.78 Å². The Morgan fingerprint density at radius 1 is 1.12 bits per heavy atom. The van der Waals surface area contributed by atoms with Crippen LogP contribution in [-0.4, -0.2) is 40.4 Å². The van der Waals surface area contributed by atoms with Crippen LogP contribution in [-0.2, 0) is 10.4 Å². The second-order valence-electron chi connectivity index (χ2n) is 9.81.